The number of para-hydroxylation sites is 2. The summed E-state index contributed by atoms with van der Waals surface area (Å²) in [5.41, 5.74) is 3.00. The molecule has 0 radical (unpaired) electrons. The molecule has 0 saturated carbocycles. The number of fused-ring (bicyclic) bond motifs is 2. The average molecular weight is 433 g/mol. The Hall–Kier alpha value is -3.01. The summed E-state index contributed by atoms with van der Waals surface area (Å²) in [6.45, 7) is 0.918. The third kappa shape index (κ3) is 3.51. The Balaban J connectivity index is 1.50. The van der Waals surface area contributed by atoms with E-state index >= 15 is 0 Å². The van der Waals surface area contributed by atoms with Gasteiger partial charge in [-0.3, -0.25) is 0 Å². The highest BCUT2D eigenvalue weighted by atomic mass is 35.5. The van der Waals surface area contributed by atoms with Crippen molar-refractivity contribution < 1.29 is 4.74 Å². The Morgan fingerprint density at radius 3 is 2.47 bits per heavy atom. The molecule has 0 aliphatic carbocycles. The number of ether oxygens (including phenoxy) is 1. The van der Waals surface area contributed by atoms with E-state index < -0.39 is 0 Å². The molecule has 30 heavy (non-hydrogen) atoms. The zero-order valence-electron chi connectivity index (χ0n) is 16.1. The lowest BCUT2D eigenvalue weighted by molar-refractivity contribution is 0.292. The fraction of sp³-hybridized carbons (Fsp3) is 0.0800. The molecule has 0 atom stereocenters. The minimum atomic E-state index is 0.303. The summed E-state index contributed by atoms with van der Waals surface area (Å²) in [6, 6.07) is 27.9. The molecule has 0 saturated heterocycles. The molecule has 148 valence electrons. The molecule has 0 unspecified atom stereocenters. The van der Waals surface area contributed by atoms with Crippen molar-refractivity contribution in [3.05, 3.63) is 106 Å². The van der Waals surface area contributed by atoms with Crippen LogP contribution in [0.3, 0.4) is 0 Å². The molecule has 4 aromatic carbocycles. The molecule has 0 aliphatic rings. The Kier molecular flexibility index (Phi) is 5.07. The first kappa shape index (κ1) is 19.0. The van der Waals surface area contributed by atoms with Crippen LogP contribution in [-0.2, 0) is 13.2 Å². The molecule has 5 rings (SSSR count). The Labute approximate surface area is 184 Å². The smallest absolute Gasteiger partial charge is 0.148 e. The highest BCUT2D eigenvalue weighted by molar-refractivity contribution is 6.37. The van der Waals surface area contributed by atoms with Crippen molar-refractivity contribution in [1.29, 1.82) is 0 Å². The van der Waals surface area contributed by atoms with Crippen LogP contribution in [0.15, 0.2) is 84.9 Å². The van der Waals surface area contributed by atoms with Gasteiger partial charge >= 0.3 is 0 Å². The number of halogens is 2. The third-order valence-corrected chi connectivity index (χ3v) is 5.96. The lowest BCUT2D eigenvalue weighted by atomic mass is 10.1. The van der Waals surface area contributed by atoms with E-state index in [0.29, 0.717) is 23.9 Å². The van der Waals surface area contributed by atoms with Gasteiger partial charge in [0.2, 0.25) is 0 Å². The fourth-order valence-electron chi connectivity index (χ4n) is 3.68. The van der Waals surface area contributed by atoms with Crippen molar-refractivity contribution in [1.82, 2.24) is 9.55 Å². The molecule has 0 N–H and O–H groups in total. The Bertz CT molecular complexity index is 1360. The molecule has 1 heterocycles. The first-order valence-corrected chi connectivity index (χ1v) is 10.4. The molecular formula is C25H18Cl2N2O. The third-order valence-electron chi connectivity index (χ3n) is 5.20. The Morgan fingerprint density at radius 2 is 1.57 bits per heavy atom. The molecule has 5 heteroatoms. The highest BCUT2D eigenvalue weighted by Crippen LogP contribution is 2.33. The van der Waals surface area contributed by atoms with Crippen LogP contribution in [0.1, 0.15) is 11.4 Å². The number of rotatable bonds is 5. The van der Waals surface area contributed by atoms with Gasteiger partial charge in [0, 0.05) is 10.4 Å². The van der Waals surface area contributed by atoms with E-state index in [4.69, 9.17) is 32.9 Å². The number of hydrogen-bond acceptors (Lipinski definition) is 2. The van der Waals surface area contributed by atoms with E-state index in [1.54, 1.807) is 0 Å². The minimum Gasteiger partial charge on any atom is -0.484 e. The van der Waals surface area contributed by atoms with Crippen molar-refractivity contribution >= 4 is 45.0 Å². The SMILES string of the molecule is Clc1ccccc1Cn1c(COc2ccc3ccccc3c2Cl)nc2ccccc21. The lowest BCUT2D eigenvalue weighted by Crippen LogP contribution is -2.09. The number of aromatic nitrogens is 2. The van der Waals surface area contributed by atoms with Gasteiger partial charge in [0.1, 0.15) is 18.2 Å². The second-order valence-electron chi connectivity index (χ2n) is 7.08. The predicted molar refractivity (Wildman–Crippen MR) is 124 cm³/mol. The first-order valence-electron chi connectivity index (χ1n) is 9.68. The maximum Gasteiger partial charge on any atom is 0.148 e. The average Bonchev–Trinajstić information content (AvgIpc) is 3.12. The molecule has 0 bridgehead atoms. The zero-order chi connectivity index (χ0) is 20.5. The summed E-state index contributed by atoms with van der Waals surface area (Å²) in [5, 5.41) is 3.41. The molecule has 0 aliphatic heterocycles. The summed E-state index contributed by atoms with van der Waals surface area (Å²) < 4.78 is 8.27. The predicted octanol–water partition coefficient (Wildman–Crippen LogP) is 7.12. The zero-order valence-corrected chi connectivity index (χ0v) is 17.6. The minimum absolute atomic E-state index is 0.303. The van der Waals surface area contributed by atoms with Crippen LogP contribution < -0.4 is 4.74 Å². The van der Waals surface area contributed by atoms with Gasteiger partial charge in [0.05, 0.1) is 22.6 Å². The maximum absolute atomic E-state index is 6.61. The van der Waals surface area contributed by atoms with Gasteiger partial charge in [-0.05, 0) is 35.2 Å². The molecule has 5 aromatic rings. The second kappa shape index (κ2) is 8.02. The Morgan fingerprint density at radius 1 is 0.800 bits per heavy atom. The van der Waals surface area contributed by atoms with E-state index in [2.05, 4.69) is 10.6 Å². The largest absolute Gasteiger partial charge is 0.484 e. The van der Waals surface area contributed by atoms with Crippen LogP contribution in [0.2, 0.25) is 10.0 Å². The number of benzene rings is 4. The molecule has 0 amide bonds. The number of hydrogen-bond donors (Lipinski definition) is 0. The summed E-state index contributed by atoms with van der Waals surface area (Å²) >= 11 is 13.0. The standard InChI is InChI=1S/C25H18Cl2N2O/c26-20-10-4-2-8-18(20)15-29-22-12-6-5-11-21(22)28-24(29)16-30-23-14-13-17-7-1-3-9-19(17)25(23)27/h1-14H,15-16H2. The molecule has 3 nitrogen and oxygen atoms in total. The van der Waals surface area contributed by atoms with Crippen LogP contribution >= 0.6 is 23.2 Å². The summed E-state index contributed by atoms with van der Waals surface area (Å²) in [7, 11) is 0. The van der Waals surface area contributed by atoms with Gasteiger partial charge in [-0.2, -0.15) is 0 Å². The quantitative estimate of drug-likeness (QED) is 0.295. The van der Waals surface area contributed by atoms with Gasteiger partial charge in [-0.15, -0.1) is 0 Å². The van der Waals surface area contributed by atoms with Gasteiger partial charge in [0.15, 0.2) is 0 Å². The van der Waals surface area contributed by atoms with Crippen molar-refractivity contribution in [3.63, 3.8) is 0 Å². The maximum atomic E-state index is 6.61. The van der Waals surface area contributed by atoms with Crippen molar-refractivity contribution in [2.75, 3.05) is 0 Å². The number of imidazole rings is 1. The fourth-order valence-corrected chi connectivity index (χ4v) is 4.16. The summed E-state index contributed by atoms with van der Waals surface area (Å²) in [4.78, 5) is 4.80. The van der Waals surface area contributed by atoms with E-state index in [0.717, 1.165) is 38.2 Å². The van der Waals surface area contributed by atoms with E-state index in [9.17, 15) is 0 Å². The van der Waals surface area contributed by atoms with Crippen LogP contribution in [0.4, 0.5) is 0 Å². The van der Waals surface area contributed by atoms with Gasteiger partial charge in [-0.25, -0.2) is 4.98 Å². The summed E-state index contributed by atoms with van der Waals surface area (Å²) in [6.07, 6.45) is 0. The van der Waals surface area contributed by atoms with Crippen molar-refractivity contribution in [2.24, 2.45) is 0 Å². The van der Waals surface area contributed by atoms with Gasteiger partial charge in [0.25, 0.3) is 0 Å². The van der Waals surface area contributed by atoms with Crippen LogP contribution in [-0.4, -0.2) is 9.55 Å². The van der Waals surface area contributed by atoms with E-state index in [1.807, 2.05) is 78.9 Å². The highest BCUT2D eigenvalue weighted by Gasteiger charge is 2.14. The summed E-state index contributed by atoms with van der Waals surface area (Å²) in [5.74, 6) is 1.46. The monoisotopic (exact) mass is 432 g/mol. The van der Waals surface area contributed by atoms with E-state index in [1.165, 1.54) is 0 Å². The molecule has 0 fully saturated rings. The normalized spacial score (nSPS) is 11.3. The molecular weight excluding hydrogens is 415 g/mol. The van der Waals surface area contributed by atoms with E-state index in [-0.39, 0.29) is 0 Å². The van der Waals surface area contributed by atoms with Crippen LogP contribution in [0, 0.1) is 0 Å². The topological polar surface area (TPSA) is 27.1 Å². The van der Waals surface area contributed by atoms with Gasteiger partial charge < -0.3 is 9.30 Å². The first-order chi connectivity index (χ1) is 14.7. The van der Waals surface area contributed by atoms with Crippen molar-refractivity contribution in [2.45, 2.75) is 13.2 Å². The molecule has 0 spiro atoms. The van der Waals surface area contributed by atoms with Crippen molar-refractivity contribution in [3.8, 4) is 5.75 Å². The van der Waals surface area contributed by atoms with Crippen LogP contribution in [0.25, 0.3) is 21.8 Å². The second-order valence-corrected chi connectivity index (χ2v) is 7.87. The lowest BCUT2D eigenvalue weighted by Gasteiger charge is -2.13. The molecule has 1 aromatic heterocycles. The number of nitrogens with zero attached hydrogens (tertiary/aromatic N) is 2. The van der Waals surface area contributed by atoms with Crippen LogP contribution in [0.5, 0.6) is 5.75 Å². The van der Waals surface area contributed by atoms with Gasteiger partial charge in [-0.1, -0.05) is 83.9 Å².